The number of benzene rings is 1. The lowest BCUT2D eigenvalue weighted by Gasteiger charge is -2.16. The first-order chi connectivity index (χ1) is 9.40. The average molecular weight is 278 g/mol. The molecule has 0 aromatic heterocycles. The predicted molar refractivity (Wildman–Crippen MR) is 83.7 cm³/mol. The number of carbonyl (C=O) groups excluding carboxylic acids is 1. The topological polar surface area (TPSA) is 64.3 Å². The van der Waals surface area contributed by atoms with Crippen LogP contribution in [0.25, 0.3) is 0 Å². The Labute approximate surface area is 121 Å². The molecule has 0 saturated heterocycles. The van der Waals surface area contributed by atoms with Gasteiger partial charge in [-0.3, -0.25) is 4.79 Å². The molecule has 0 heterocycles. The summed E-state index contributed by atoms with van der Waals surface area (Å²) in [6.45, 7) is 8.86. The summed E-state index contributed by atoms with van der Waals surface area (Å²) >= 11 is 0. The first-order valence-electron chi connectivity index (χ1n) is 7.17. The summed E-state index contributed by atoms with van der Waals surface area (Å²) < 4.78 is 5.65. The van der Waals surface area contributed by atoms with Crippen LogP contribution in [0, 0.1) is 12.8 Å². The van der Waals surface area contributed by atoms with Crippen molar-refractivity contribution in [2.75, 3.05) is 17.7 Å². The molecule has 0 bridgehead atoms. The molecule has 1 unspecified atom stereocenters. The summed E-state index contributed by atoms with van der Waals surface area (Å²) in [5.74, 6) is 0.514. The van der Waals surface area contributed by atoms with Crippen molar-refractivity contribution in [1.29, 1.82) is 0 Å². The van der Waals surface area contributed by atoms with Gasteiger partial charge in [0, 0.05) is 24.4 Å². The molecule has 4 heteroatoms. The Hall–Kier alpha value is -1.55. The highest BCUT2D eigenvalue weighted by Gasteiger charge is 2.08. The van der Waals surface area contributed by atoms with E-state index in [1.807, 2.05) is 19.1 Å². The number of ether oxygens (including phenoxy) is 1. The minimum Gasteiger partial charge on any atom is -0.399 e. The first kappa shape index (κ1) is 16.5. The Bertz CT molecular complexity index is 444. The molecule has 0 radical (unpaired) electrons. The second-order valence-corrected chi connectivity index (χ2v) is 5.55. The molecule has 0 fully saturated rings. The van der Waals surface area contributed by atoms with Gasteiger partial charge in [-0.2, -0.15) is 0 Å². The van der Waals surface area contributed by atoms with Crippen LogP contribution in [0.2, 0.25) is 0 Å². The Balaban J connectivity index is 2.30. The van der Waals surface area contributed by atoms with Crippen molar-refractivity contribution in [1.82, 2.24) is 0 Å². The number of aryl methyl sites for hydroxylation is 1. The van der Waals surface area contributed by atoms with Crippen molar-refractivity contribution in [2.45, 2.75) is 46.6 Å². The number of nitrogens with two attached hydrogens (primary N) is 1. The van der Waals surface area contributed by atoms with Crippen molar-refractivity contribution >= 4 is 17.3 Å². The van der Waals surface area contributed by atoms with E-state index in [0.29, 0.717) is 24.6 Å². The van der Waals surface area contributed by atoms with Crippen LogP contribution in [0.5, 0.6) is 0 Å². The third-order valence-corrected chi connectivity index (χ3v) is 3.39. The van der Waals surface area contributed by atoms with E-state index in [-0.39, 0.29) is 12.0 Å². The molecule has 3 N–H and O–H groups in total. The van der Waals surface area contributed by atoms with Crippen molar-refractivity contribution in [3.05, 3.63) is 23.8 Å². The standard InChI is InChI=1S/C16H26N2O2/c1-11(2)13(4)20-9-5-6-16(19)18-15-8-7-14(17)10-12(15)3/h7-8,10-11,13H,5-6,9,17H2,1-4H3,(H,18,19). The summed E-state index contributed by atoms with van der Waals surface area (Å²) in [6.07, 6.45) is 1.43. The highest BCUT2D eigenvalue weighted by Crippen LogP contribution is 2.18. The van der Waals surface area contributed by atoms with Gasteiger partial charge >= 0.3 is 0 Å². The predicted octanol–water partition coefficient (Wildman–Crippen LogP) is 3.36. The SMILES string of the molecule is Cc1cc(N)ccc1NC(=O)CCCOC(C)C(C)C. The van der Waals surface area contributed by atoms with E-state index in [2.05, 4.69) is 26.1 Å². The lowest BCUT2D eigenvalue weighted by molar-refractivity contribution is -0.116. The Morgan fingerprint density at radius 3 is 2.65 bits per heavy atom. The van der Waals surface area contributed by atoms with Gasteiger partial charge in [-0.25, -0.2) is 0 Å². The highest BCUT2D eigenvalue weighted by atomic mass is 16.5. The molecule has 0 spiro atoms. The van der Waals surface area contributed by atoms with Gasteiger partial charge in [0.05, 0.1) is 6.10 Å². The first-order valence-corrected chi connectivity index (χ1v) is 7.17. The summed E-state index contributed by atoms with van der Waals surface area (Å²) in [4.78, 5) is 11.8. The monoisotopic (exact) mass is 278 g/mol. The molecule has 1 amide bonds. The van der Waals surface area contributed by atoms with Gasteiger partial charge in [0.2, 0.25) is 5.91 Å². The molecule has 1 atom stereocenters. The molecule has 0 saturated carbocycles. The summed E-state index contributed by atoms with van der Waals surface area (Å²) in [7, 11) is 0. The average Bonchev–Trinajstić information content (AvgIpc) is 2.37. The molecular formula is C16H26N2O2. The van der Waals surface area contributed by atoms with Gasteiger partial charge in [-0.15, -0.1) is 0 Å². The number of anilines is 2. The maximum absolute atomic E-state index is 11.8. The number of hydrogen-bond acceptors (Lipinski definition) is 3. The number of amides is 1. The molecule has 0 aliphatic carbocycles. The van der Waals surface area contributed by atoms with Crippen LogP contribution in [0.4, 0.5) is 11.4 Å². The van der Waals surface area contributed by atoms with Gasteiger partial charge in [-0.1, -0.05) is 13.8 Å². The smallest absolute Gasteiger partial charge is 0.224 e. The molecule has 0 aliphatic heterocycles. The zero-order chi connectivity index (χ0) is 15.1. The molecule has 1 rings (SSSR count). The normalized spacial score (nSPS) is 12.4. The van der Waals surface area contributed by atoms with Crippen LogP contribution in [0.3, 0.4) is 0 Å². The van der Waals surface area contributed by atoms with Gasteiger partial charge in [0.25, 0.3) is 0 Å². The van der Waals surface area contributed by atoms with Crippen LogP contribution in [0.15, 0.2) is 18.2 Å². The van der Waals surface area contributed by atoms with Crippen molar-refractivity contribution < 1.29 is 9.53 Å². The van der Waals surface area contributed by atoms with Crippen molar-refractivity contribution in [2.24, 2.45) is 5.92 Å². The lowest BCUT2D eigenvalue weighted by atomic mass is 10.1. The fourth-order valence-electron chi connectivity index (χ4n) is 1.73. The van der Waals surface area contributed by atoms with Crippen LogP contribution in [0.1, 0.15) is 39.2 Å². The third-order valence-electron chi connectivity index (χ3n) is 3.39. The van der Waals surface area contributed by atoms with Crippen LogP contribution in [-0.4, -0.2) is 18.6 Å². The van der Waals surface area contributed by atoms with Crippen LogP contribution in [-0.2, 0) is 9.53 Å². The lowest BCUT2D eigenvalue weighted by Crippen LogP contribution is -2.18. The third kappa shape index (κ3) is 5.61. The van der Waals surface area contributed by atoms with Crippen LogP contribution >= 0.6 is 0 Å². The second kappa shape index (κ2) is 7.90. The fraction of sp³-hybridized carbons (Fsp3) is 0.562. The van der Waals surface area contributed by atoms with Gasteiger partial charge < -0.3 is 15.8 Å². The van der Waals surface area contributed by atoms with Gasteiger partial charge in [0.15, 0.2) is 0 Å². The molecule has 1 aromatic carbocycles. The molecule has 4 nitrogen and oxygen atoms in total. The van der Waals surface area contributed by atoms with Crippen molar-refractivity contribution in [3.8, 4) is 0 Å². The molecular weight excluding hydrogens is 252 g/mol. The molecule has 1 aromatic rings. The Kier molecular flexibility index (Phi) is 6.52. The number of hydrogen-bond donors (Lipinski definition) is 2. The molecule has 0 aliphatic rings. The number of rotatable bonds is 7. The van der Waals surface area contributed by atoms with Crippen LogP contribution < -0.4 is 11.1 Å². The minimum absolute atomic E-state index is 0.0127. The van der Waals surface area contributed by atoms with E-state index in [9.17, 15) is 4.79 Å². The summed E-state index contributed by atoms with van der Waals surface area (Å²) in [5.41, 5.74) is 8.18. The molecule has 112 valence electrons. The maximum Gasteiger partial charge on any atom is 0.224 e. The van der Waals surface area contributed by atoms with E-state index in [1.54, 1.807) is 6.07 Å². The van der Waals surface area contributed by atoms with E-state index in [0.717, 1.165) is 17.7 Å². The summed E-state index contributed by atoms with van der Waals surface area (Å²) in [6, 6.07) is 5.47. The van der Waals surface area contributed by atoms with Gasteiger partial charge in [0.1, 0.15) is 0 Å². The van der Waals surface area contributed by atoms with E-state index < -0.39 is 0 Å². The number of nitrogen functional groups attached to an aromatic ring is 1. The zero-order valence-corrected chi connectivity index (χ0v) is 12.9. The zero-order valence-electron chi connectivity index (χ0n) is 12.9. The Morgan fingerprint density at radius 1 is 1.35 bits per heavy atom. The largest absolute Gasteiger partial charge is 0.399 e. The maximum atomic E-state index is 11.8. The van der Waals surface area contributed by atoms with Gasteiger partial charge in [-0.05, 0) is 49.9 Å². The minimum atomic E-state index is 0.0127. The summed E-state index contributed by atoms with van der Waals surface area (Å²) in [5, 5.41) is 2.90. The fourth-order valence-corrected chi connectivity index (χ4v) is 1.73. The highest BCUT2D eigenvalue weighted by molar-refractivity contribution is 5.91. The van der Waals surface area contributed by atoms with Crippen molar-refractivity contribution in [3.63, 3.8) is 0 Å². The quantitative estimate of drug-likeness (QED) is 0.594. The van der Waals surface area contributed by atoms with E-state index >= 15 is 0 Å². The molecule has 20 heavy (non-hydrogen) atoms. The Morgan fingerprint density at radius 2 is 2.05 bits per heavy atom. The van der Waals surface area contributed by atoms with E-state index in [4.69, 9.17) is 10.5 Å². The number of nitrogens with one attached hydrogen (secondary N) is 1. The number of carbonyl (C=O) groups is 1. The van der Waals surface area contributed by atoms with E-state index in [1.165, 1.54) is 0 Å². The second-order valence-electron chi connectivity index (χ2n) is 5.55.